The van der Waals surface area contributed by atoms with Gasteiger partial charge in [-0.2, -0.15) is 10.5 Å². The SMILES string of the molecule is N#CC1(C#N)C[C@@](O)(c2ccccc2)C(C(=O)c2ccccc2)=C1c1ccccc1. The van der Waals surface area contributed by atoms with Crippen LogP contribution >= 0.6 is 0 Å². The summed E-state index contributed by atoms with van der Waals surface area (Å²) in [4.78, 5) is 13.7. The van der Waals surface area contributed by atoms with E-state index >= 15 is 0 Å². The molecule has 0 spiro atoms. The summed E-state index contributed by atoms with van der Waals surface area (Å²) in [6, 6.07) is 30.5. The summed E-state index contributed by atoms with van der Waals surface area (Å²) in [7, 11) is 0. The second kappa shape index (κ2) is 7.44. The Kier molecular flexibility index (Phi) is 4.80. The maximum Gasteiger partial charge on any atom is 0.192 e. The van der Waals surface area contributed by atoms with E-state index in [0.717, 1.165) is 0 Å². The van der Waals surface area contributed by atoms with E-state index in [1.54, 1.807) is 78.9 Å². The standard InChI is InChI=1S/C26H18N2O2/c27-17-25(18-28)16-26(30,21-14-8-3-9-15-21)23(22(25)19-10-4-1-5-11-19)24(29)20-12-6-2-7-13-20/h1-15,30H,16H2/t26-/m1/s1. The molecule has 0 heterocycles. The smallest absolute Gasteiger partial charge is 0.192 e. The molecule has 0 fully saturated rings. The first-order valence-electron chi connectivity index (χ1n) is 9.56. The van der Waals surface area contributed by atoms with Crippen molar-refractivity contribution in [3.05, 3.63) is 113 Å². The van der Waals surface area contributed by atoms with Crippen LogP contribution in [0.25, 0.3) is 5.57 Å². The number of nitriles is 2. The molecule has 0 bridgehead atoms. The number of Topliss-reactive ketones (excluding diaryl/α,β-unsaturated/α-hetero) is 1. The molecule has 3 aromatic rings. The lowest BCUT2D eigenvalue weighted by molar-refractivity contribution is 0.0588. The maximum atomic E-state index is 13.7. The summed E-state index contributed by atoms with van der Waals surface area (Å²) in [6.45, 7) is 0. The Bertz CT molecular complexity index is 1190. The van der Waals surface area contributed by atoms with E-state index in [2.05, 4.69) is 12.1 Å². The van der Waals surface area contributed by atoms with Crippen molar-refractivity contribution in [1.82, 2.24) is 0 Å². The van der Waals surface area contributed by atoms with Gasteiger partial charge in [0, 0.05) is 23.1 Å². The molecule has 4 nitrogen and oxygen atoms in total. The van der Waals surface area contributed by atoms with Crippen LogP contribution in [0.15, 0.2) is 96.6 Å². The number of rotatable bonds is 4. The van der Waals surface area contributed by atoms with Crippen molar-refractivity contribution in [3.63, 3.8) is 0 Å². The van der Waals surface area contributed by atoms with Crippen molar-refractivity contribution in [3.8, 4) is 12.1 Å². The zero-order valence-corrected chi connectivity index (χ0v) is 16.1. The Hall–Kier alpha value is -3.99. The number of benzene rings is 3. The molecule has 1 atom stereocenters. The summed E-state index contributed by atoms with van der Waals surface area (Å²) < 4.78 is 0. The molecule has 0 saturated carbocycles. The fourth-order valence-electron chi connectivity index (χ4n) is 4.19. The zero-order valence-electron chi connectivity index (χ0n) is 16.1. The Morgan fingerprint density at radius 3 is 1.83 bits per heavy atom. The first kappa shape index (κ1) is 19.3. The molecule has 4 rings (SSSR count). The van der Waals surface area contributed by atoms with Crippen LogP contribution in [0.5, 0.6) is 0 Å². The average molecular weight is 390 g/mol. The van der Waals surface area contributed by atoms with Gasteiger partial charge in [-0.05, 0) is 11.1 Å². The molecular formula is C26H18N2O2. The van der Waals surface area contributed by atoms with E-state index in [4.69, 9.17) is 0 Å². The number of allylic oxidation sites excluding steroid dienone is 1. The first-order valence-corrected chi connectivity index (χ1v) is 9.56. The van der Waals surface area contributed by atoms with Crippen LogP contribution in [0.4, 0.5) is 0 Å². The minimum Gasteiger partial charge on any atom is -0.380 e. The fourth-order valence-corrected chi connectivity index (χ4v) is 4.19. The van der Waals surface area contributed by atoms with Gasteiger partial charge in [0.15, 0.2) is 11.2 Å². The first-order chi connectivity index (χ1) is 14.6. The van der Waals surface area contributed by atoms with Gasteiger partial charge in [-0.3, -0.25) is 4.79 Å². The minimum atomic E-state index is -1.77. The number of hydrogen-bond acceptors (Lipinski definition) is 4. The number of nitrogens with zero attached hydrogens (tertiary/aromatic N) is 2. The van der Waals surface area contributed by atoms with Crippen LogP contribution in [-0.2, 0) is 5.60 Å². The number of carbonyl (C=O) groups excluding carboxylic acids is 1. The quantitative estimate of drug-likeness (QED) is 0.657. The molecule has 0 amide bonds. The molecule has 4 heteroatoms. The van der Waals surface area contributed by atoms with Gasteiger partial charge in [-0.15, -0.1) is 0 Å². The van der Waals surface area contributed by atoms with E-state index in [0.29, 0.717) is 16.7 Å². The number of aliphatic hydroxyl groups is 1. The zero-order chi connectivity index (χ0) is 21.2. The number of ketones is 1. The topological polar surface area (TPSA) is 84.9 Å². The lowest BCUT2D eigenvalue weighted by Crippen LogP contribution is -2.31. The van der Waals surface area contributed by atoms with Gasteiger partial charge >= 0.3 is 0 Å². The second-order valence-electron chi connectivity index (χ2n) is 7.34. The van der Waals surface area contributed by atoms with Gasteiger partial charge in [-0.25, -0.2) is 0 Å². The van der Waals surface area contributed by atoms with Crippen LogP contribution in [-0.4, -0.2) is 10.9 Å². The van der Waals surface area contributed by atoms with Crippen LogP contribution in [0.1, 0.15) is 27.9 Å². The highest BCUT2D eigenvalue weighted by molar-refractivity contribution is 6.16. The Morgan fingerprint density at radius 2 is 1.30 bits per heavy atom. The monoisotopic (exact) mass is 390 g/mol. The molecule has 0 saturated heterocycles. The third kappa shape index (κ3) is 2.92. The molecule has 1 N–H and O–H groups in total. The maximum absolute atomic E-state index is 13.7. The Morgan fingerprint density at radius 1 is 0.800 bits per heavy atom. The van der Waals surface area contributed by atoms with Crippen molar-refractivity contribution >= 4 is 11.4 Å². The number of carbonyl (C=O) groups is 1. The summed E-state index contributed by atoms with van der Waals surface area (Å²) in [5, 5.41) is 32.0. The Balaban J connectivity index is 2.09. The van der Waals surface area contributed by atoms with Gasteiger partial charge < -0.3 is 5.11 Å². The molecule has 1 aliphatic rings. The van der Waals surface area contributed by atoms with Crippen LogP contribution in [0, 0.1) is 28.1 Å². The number of hydrogen-bond donors (Lipinski definition) is 1. The predicted molar refractivity (Wildman–Crippen MR) is 113 cm³/mol. The van der Waals surface area contributed by atoms with E-state index in [9.17, 15) is 20.4 Å². The Labute approximate surface area is 175 Å². The van der Waals surface area contributed by atoms with Crippen molar-refractivity contribution in [2.45, 2.75) is 12.0 Å². The highest BCUT2D eigenvalue weighted by atomic mass is 16.3. The molecule has 1 aliphatic carbocycles. The predicted octanol–water partition coefficient (Wildman–Crippen LogP) is 4.65. The van der Waals surface area contributed by atoms with Gasteiger partial charge in [0.2, 0.25) is 0 Å². The van der Waals surface area contributed by atoms with Crippen molar-refractivity contribution in [2.75, 3.05) is 0 Å². The van der Waals surface area contributed by atoms with Crippen LogP contribution < -0.4 is 0 Å². The van der Waals surface area contributed by atoms with E-state index in [1.165, 1.54) is 0 Å². The summed E-state index contributed by atoms with van der Waals surface area (Å²) >= 11 is 0. The van der Waals surface area contributed by atoms with Crippen molar-refractivity contribution < 1.29 is 9.90 Å². The summed E-state index contributed by atoms with van der Waals surface area (Å²) in [5.74, 6) is -0.395. The van der Waals surface area contributed by atoms with Crippen molar-refractivity contribution in [1.29, 1.82) is 10.5 Å². The van der Waals surface area contributed by atoms with Gasteiger partial charge in [0.05, 0.1) is 12.1 Å². The van der Waals surface area contributed by atoms with Crippen LogP contribution in [0.2, 0.25) is 0 Å². The third-order valence-corrected chi connectivity index (χ3v) is 5.57. The average Bonchev–Trinajstić information content (AvgIpc) is 3.10. The highest BCUT2D eigenvalue weighted by Gasteiger charge is 2.57. The molecular weight excluding hydrogens is 372 g/mol. The van der Waals surface area contributed by atoms with Gasteiger partial charge in [0.1, 0.15) is 5.60 Å². The van der Waals surface area contributed by atoms with E-state index < -0.39 is 16.8 Å². The molecule has 0 unspecified atom stereocenters. The minimum absolute atomic E-state index is 0.0780. The molecule has 30 heavy (non-hydrogen) atoms. The third-order valence-electron chi connectivity index (χ3n) is 5.57. The lowest BCUT2D eigenvalue weighted by Gasteiger charge is -2.27. The molecule has 0 aromatic heterocycles. The molecule has 0 aliphatic heterocycles. The largest absolute Gasteiger partial charge is 0.380 e. The molecule has 144 valence electrons. The van der Waals surface area contributed by atoms with Gasteiger partial charge in [0.25, 0.3) is 0 Å². The normalized spacial score (nSPS) is 19.7. The fraction of sp³-hybridized carbons (Fsp3) is 0.115. The molecule has 0 radical (unpaired) electrons. The summed E-state index contributed by atoms with van der Waals surface area (Å²) in [6.07, 6.45) is -0.213. The second-order valence-corrected chi connectivity index (χ2v) is 7.34. The van der Waals surface area contributed by atoms with E-state index in [1.807, 2.05) is 12.1 Å². The summed E-state index contributed by atoms with van der Waals surface area (Å²) in [5.41, 5.74) is -1.64. The van der Waals surface area contributed by atoms with E-state index in [-0.39, 0.29) is 17.6 Å². The highest BCUT2D eigenvalue weighted by Crippen LogP contribution is 2.57. The van der Waals surface area contributed by atoms with Gasteiger partial charge in [-0.1, -0.05) is 91.0 Å². The van der Waals surface area contributed by atoms with Crippen molar-refractivity contribution in [2.24, 2.45) is 5.41 Å². The lowest BCUT2D eigenvalue weighted by atomic mass is 9.78. The molecule has 3 aromatic carbocycles. The van der Waals surface area contributed by atoms with Crippen LogP contribution in [0.3, 0.4) is 0 Å².